The first-order chi connectivity index (χ1) is 19.2. The van der Waals surface area contributed by atoms with Crippen LogP contribution in [-0.4, -0.2) is 37.7 Å². The van der Waals surface area contributed by atoms with Crippen LogP contribution in [0.25, 0.3) is 0 Å². The number of rotatable bonds is 3. The van der Waals surface area contributed by atoms with Crippen LogP contribution in [0.3, 0.4) is 0 Å². The lowest BCUT2D eigenvalue weighted by atomic mass is 9.44. The van der Waals surface area contributed by atoms with Gasteiger partial charge in [-0.2, -0.15) is 0 Å². The first kappa shape index (κ1) is 27.3. The topological polar surface area (TPSA) is 54.0 Å². The highest BCUT2D eigenvalue weighted by Crippen LogP contribution is 2.71. The van der Waals surface area contributed by atoms with Crippen LogP contribution in [0.1, 0.15) is 102 Å². The minimum atomic E-state index is -0.321. The molecule has 220 valence electrons. The number of ether oxygens (including phenoxy) is 4. The quantitative estimate of drug-likeness (QED) is 0.362. The molecule has 0 amide bonds. The molecule has 12 atom stereocenters. The summed E-state index contributed by atoms with van der Waals surface area (Å²) in [7, 11) is 1.64. The van der Waals surface area contributed by atoms with Crippen molar-refractivity contribution in [2.45, 2.75) is 110 Å². The molecule has 2 saturated heterocycles. The van der Waals surface area contributed by atoms with Gasteiger partial charge in [0.05, 0.1) is 25.4 Å². The van der Waals surface area contributed by atoms with E-state index in [9.17, 15) is 4.79 Å². The second kappa shape index (κ2) is 9.73. The van der Waals surface area contributed by atoms with Gasteiger partial charge >= 0.3 is 5.97 Å². The van der Waals surface area contributed by atoms with E-state index in [1.54, 1.807) is 7.11 Å². The van der Waals surface area contributed by atoms with Crippen molar-refractivity contribution in [1.29, 1.82) is 0 Å². The van der Waals surface area contributed by atoms with Gasteiger partial charge < -0.3 is 18.9 Å². The van der Waals surface area contributed by atoms with E-state index in [1.165, 1.54) is 44.9 Å². The van der Waals surface area contributed by atoms with Crippen molar-refractivity contribution in [3.8, 4) is 5.75 Å². The maximum atomic E-state index is 12.9. The van der Waals surface area contributed by atoms with Crippen molar-refractivity contribution in [3.05, 3.63) is 29.8 Å². The molecule has 7 rings (SSSR count). The summed E-state index contributed by atoms with van der Waals surface area (Å²) in [5.41, 5.74) is 1.35. The highest BCUT2D eigenvalue weighted by Gasteiger charge is 2.69. The first-order valence-electron chi connectivity index (χ1n) is 16.3. The molecular weight excluding hydrogens is 500 g/mol. The zero-order valence-corrected chi connectivity index (χ0v) is 25.3. The Kier molecular flexibility index (Phi) is 6.63. The van der Waals surface area contributed by atoms with Gasteiger partial charge in [0.2, 0.25) is 0 Å². The molecule has 0 N–H and O–H groups in total. The third-order valence-electron chi connectivity index (χ3n) is 13.5. The number of hydrogen-bond acceptors (Lipinski definition) is 5. The lowest BCUT2D eigenvalue weighted by Crippen LogP contribution is -2.55. The van der Waals surface area contributed by atoms with E-state index in [2.05, 4.69) is 27.7 Å². The maximum absolute atomic E-state index is 12.9. The largest absolute Gasteiger partial charge is 0.497 e. The fourth-order valence-corrected chi connectivity index (χ4v) is 11.3. The molecule has 2 heterocycles. The summed E-state index contributed by atoms with van der Waals surface area (Å²) in [5.74, 6) is 5.03. The summed E-state index contributed by atoms with van der Waals surface area (Å²) >= 11 is 0. The van der Waals surface area contributed by atoms with Crippen LogP contribution < -0.4 is 4.74 Å². The van der Waals surface area contributed by atoms with Crippen LogP contribution in [0.4, 0.5) is 0 Å². The van der Waals surface area contributed by atoms with Crippen LogP contribution in [-0.2, 0) is 14.2 Å². The number of carbonyl (C=O) groups is 1. The molecule has 1 aromatic carbocycles. The second-order valence-corrected chi connectivity index (χ2v) is 15.2. The van der Waals surface area contributed by atoms with Crippen molar-refractivity contribution in [1.82, 2.24) is 0 Å². The van der Waals surface area contributed by atoms with Crippen LogP contribution in [0.5, 0.6) is 5.75 Å². The molecule has 1 aromatic rings. The molecule has 1 spiro atoms. The molecule has 5 nitrogen and oxygen atoms in total. The first-order valence-corrected chi connectivity index (χ1v) is 16.3. The summed E-state index contributed by atoms with van der Waals surface area (Å²) in [4.78, 5) is 12.9. The summed E-state index contributed by atoms with van der Waals surface area (Å²) in [6.45, 7) is 10.8. The van der Waals surface area contributed by atoms with Crippen molar-refractivity contribution in [2.75, 3.05) is 13.7 Å². The van der Waals surface area contributed by atoms with E-state index in [-0.39, 0.29) is 17.9 Å². The number of methoxy groups -OCH3 is 1. The minimum Gasteiger partial charge on any atom is -0.497 e. The van der Waals surface area contributed by atoms with Gasteiger partial charge in [-0.15, -0.1) is 0 Å². The van der Waals surface area contributed by atoms with E-state index < -0.39 is 0 Å². The van der Waals surface area contributed by atoms with Gasteiger partial charge in [0.25, 0.3) is 0 Å². The smallest absolute Gasteiger partial charge is 0.338 e. The molecule has 6 aliphatic rings. The molecule has 5 heteroatoms. The molecule has 0 aromatic heterocycles. The van der Waals surface area contributed by atoms with Gasteiger partial charge in [-0.3, -0.25) is 0 Å². The van der Waals surface area contributed by atoms with Gasteiger partial charge in [0, 0.05) is 12.3 Å². The van der Waals surface area contributed by atoms with E-state index in [4.69, 9.17) is 18.9 Å². The van der Waals surface area contributed by atoms with Crippen molar-refractivity contribution in [2.24, 2.45) is 52.3 Å². The second-order valence-electron chi connectivity index (χ2n) is 15.2. The highest BCUT2D eigenvalue weighted by molar-refractivity contribution is 5.89. The molecule has 4 saturated carbocycles. The van der Waals surface area contributed by atoms with Gasteiger partial charge in [0.15, 0.2) is 5.79 Å². The lowest BCUT2D eigenvalue weighted by Gasteiger charge is -2.61. The zero-order valence-electron chi connectivity index (χ0n) is 25.3. The Morgan fingerprint density at radius 2 is 1.68 bits per heavy atom. The number of carbonyl (C=O) groups excluding carboxylic acids is 1. The Labute approximate surface area is 241 Å². The fraction of sp³-hybridized carbons (Fsp3) is 0.800. The summed E-state index contributed by atoms with van der Waals surface area (Å²) in [6.07, 6.45) is 12.4. The molecular formula is C35H50O5. The summed E-state index contributed by atoms with van der Waals surface area (Å²) < 4.78 is 24.8. The van der Waals surface area contributed by atoms with Crippen molar-refractivity contribution >= 4 is 5.97 Å². The molecule has 6 fully saturated rings. The van der Waals surface area contributed by atoms with Gasteiger partial charge in [-0.05, 0) is 128 Å². The number of fused-ring (bicyclic) bond motifs is 7. The Balaban J connectivity index is 1.03. The SMILES string of the molecule is COc1ccc(C(=O)O[C@@H]2CC[C@@]3(C)C(CCC4C3CC[C@@]3(C)C4CC4OC5(CCC(C)CO5)C(C)C43)C2)cc1. The average molecular weight is 551 g/mol. The third-order valence-corrected chi connectivity index (χ3v) is 13.5. The van der Waals surface area contributed by atoms with E-state index in [0.29, 0.717) is 46.2 Å². The Bertz CT molecular complexity index is 1110. The predicted molar refractivity (Wildman–Crippen MR) is 154 cm³/mol. The van der Waals surface area contributed by atoms with Gasteiger partial charge in [-0.1, -0.05) is 27.7 Å². The van der Waals surface area contributed by atoms with Gasteiger partial charge in [0.1, 0.15) is 11.9 Å². The Morgan fingerprint density at radius 1 is 0.900 bits per heavy atom. The average Bonchev–Trinajstić information content (AvgIpc) is 3.40. The zero-order chi connectivity index (χ0) is 27.9. The molecule has 9 unspecified atom stereocenters. The van der Waals surface area contributed by atoms with E-state index in [1.807, 2.05) is 24.3 Å². The lowest BCUT2D eigenvalue weighted by molar-refractivity contribution is -0.273. The molecule has 0 bridgehead atoms. The van der Waals surface area contributed by atoms with E-state index in [0.717, 1.165) is 49.4 Å². The number of esters is 1. The number of hydrogen-bond donors (Lipinski definition) is 0. The van der Waals surface area contributed by atoms with Gasteiger partial charge in [-0.25, -0.2) is 4.79 Å². The molecule has 2 aliphatic heterocycles. The number of benzene rings is 1. The summed E-state index contributed by atoms with van der Waals surface area (Å²) in [5, 5.41) is 0. The highest BCUT2D eigenvalue weighted by atomic mass is 16.7. The summed E-state index contributed by atoms with van der Waals surface area (Å²) in [6, 6.07) is 7.28. The standard InChI is InChI=1S/C35H50O5/c1-21-12-17-35(38-20-21)22(2)31-30(40-35)19-29-27-11-8-24-18-26(39-32(36)23-6-9-25(37-5)10-7-23)13-15-33(24,3)28(27)14-16-34(29,31)4/h6-7,9-10,21-22,24,26-31H,8,11-20H2,1-5H3/t21?,22?,24?,26-,27?,28?,29?,30?,31?,33+,34+,35?/m1/s1. The Hall–Kier alpha value is -1.59. The molecule has 40 heavy (non-hydrogen) atoms. The van der Waals surface area contributed by atoms with Crippen molar-refractivity contribution < 1.29 is 23.7 Å². The normalized spacial score (nSPS) is 49.5. The third kappa shape index (κ3) is 4.03. The van der Waals surface area contributed by atoms with Crippen LogP contribution >= 0.6 is 0 Å². The maximum Gasteiger partial charge on any atom is 0.338 e. The monoisotopic (exact) mass is 550 g/mol. The van der Waals surface area contributed by atoms with Crippen molar-refractivity contribution in [3.63, 3.8) is 0 Å². The Morgan fingerprint density at radius 3 is 2.40 bits per heavy atom. The van der Waals surface area contributed by atoms with Crippen LogP contribution in [0.2, 0.25) is 0 Å². The molecule has 4 aliphatic carbocycles. The fourth-order valence-electron chi connectivity index (χ4n) is 11.3. The minimum absolute atomic E-state index is 0.0348. The molecule has 0 radical (unpaired) electrons. The van der Waals surface area contributed by atoms with E-state index >= 15 is 0 Å². The van der Waals surface area contributed by atoms with Crippen LogP contribution in [0, 0.1) is 52.3 Å². The predicted octanol–water partition coefficient (Wildman–Crippen LogP) is 7.67. The van der Waals surface area contributed by atoms with Crippen LogP contribution in [0.15, 0.2) is 24.3 Å².